The van der Waals surface area contributed by atoms with E-state index in [1.165, 1.54) is 17.1 Å². The molecule has 0 saturated carbocycles. The largest absolute Gasteiger partial charge is 0.479 e. The summed E-state index contributed by atoms with van der Waals surface area (Å²) in [7, 11) is 0. The molecule has 0 bridgehead atoms. The molecule has 1 unspecified atom stereocenters. The van der Waals surface area contributed by atoms with E-state index in [1.54, 1.807) is 6.92 Å². The van der Waals surface area contributed by atoms with Gasteiger partial charge in [0.1, 0.15) is 6.54 Å². The van der Waals surface area contributed by atoms with Gasteiger partial charge in [0.05, 0.1) is 11.9 Å². The van der Waals surface area contributed by atoms with Crippen LogP contribution in [0.5, 0.6) is 0 Å². The summed E-state index contributed by atoms with van der Waals surface area (Å²) in [6.45, 7) is 1.47. The summed E-state index contributed by atoms with van der Waals surface area (Å²) in [6, 6.07) is 0. The van der Waals surface area contributed by atoms with Gasteiger partial charge in [-0.15, -0.1) is 0 Å². The molecule has 1 heterocycles. The molecule has 3 N–H and O–H groups in total. The lowest BCUT2D eigenvalue weighted by molar-refractivity contribution is -0.164. The molecule has 7 nitrogen and oxygen atoms in total. The topological polar surface area (TPSA) is 107 Å². The van der Waals surface area contributed by atoms with Crippen molar-refractivity contribution < 1.29 is 19.4 Å². The van der Waals surface area contributed by atoms with Crippen LogP contribution in [-0.4, -0.2) is 32.9 Å². The van der Waals surface area contributed by atoms with Crippen LogP contribution in [0.3, 0.4) is 0 Å². The maximum atomic E-state index is 11.3. The number of carbonyl (C=O) groups excluding carboxylic acids is 1. The number of ether oxygens (including phenoxy) is 1. The van der Waals surface area contributed by atoms with Crippen molar-refractivity contribution in [3.05, 3.63) is 12.4 Å². The molecule has 0 radical (unpaired) electrons. The van der Waals surface area contributed by atoms with Crippen LogP contribution in [0.15, 0.2) is 12.4 Å². The monoisotopic (exact) mass is 227 g/mol. The van der Waals surface area contributed by atoms with Gasteiger partial charge in [-0.05, 0) is 6.42 Å². The van der Waals surface area contributed by atoms with Crippen molar-refractivity contribution in [2.24, 2.45) is 0 Å². The first-order valence-electron chi connectivity index (χ1n) is 4.73. The summed E-state index contributed by atoms with van der Waals surface area (Å²) in [6.07, 6.45) is 1.97. The minimum absolute atomic E-state index is 0.152. The lowest BCUT2D eigenvalue weighted by atomic mass is 10.3. The standard InChI is InChI=1S/C9H13N3O4/c1-2-7(9(14)15)16-8(13)5-12-4-6(10)3-11-12/h3-4,7H,2,5,10H2,1H3,(H,14,15). The molecule has 0 aliphatic rings. The third-order valence-corrected chi connectivity index (χ3v) is 1.86. The number of hydrogen-bond acceptors (Lipinski definition) is 5. The fraction of sp³-hybridized carbons (Fsp3) is 0.444. The van der Waals surface area contributed by atoms with E-state index in [9.17, 15) is 9.59 Å². The molecular weight excluding hydrogens is 214 g/mol. The fourth-order valence-electron chi connectivity index (χ4n) is 1.10. The number of hydrogen-bond donors (Lipinski definition) is 2. The van der Waals surface area contributed by atoms with E-state index in [0.717, 1.165) is 0 Å². The van der Waals surface area contributed by atoms with Gasteiger partial charge in [-0.2, -0.15) is 5.10 Å². The second-order valence-corrected chi connectivity index (χ2v) is 3.20. The van der Waals surface area contributed by atoms with Crippen LogP contribution in [-0.2, 0) is 20.9 Å². The molecule has 88 valence electrons. The van der Waals surface area contributed by atoms with Crippen LogP contribution in [0.2, 0.25) is 0 Å². The number of esters is 1. The van der Waals surface area contributed by atoms with Crippen molar-refractivity contribution in [3.63, 3.8) is 0 Å². The molecule has 1 atom stereocenters. The van der Waals surface area contributed by atoms with E-state index >= 15 is 0 Å². The normalized spacial score (nSPS) is 12.1. The second kappa shape index (κ2) is 5.15. The summed E-state index contributed by atoms with van der Waals surface area (Å²) in [4.78, 5) is 21.9. The van der Waals surface area contributed by atoms with Crippen molar-refractivity contribution in [1.29, 1.82) is 0 Å². The number of aromatic nitrogens is 2. The van der Waals surface area contributed by atoms with E-state index in [2.05, 4.69) is 5.10 Å². The molecule has 1 aromatic heterocycles. The molecule has 0 fully saturated rings. The molecule has 0 aromatic carbocycles. The number of carboxylic acids is 1. The van der Waals surface area contributed by atoms with Crippen LogP contribution in [0, 0.1) is 0 Å². The first-order chi connectivity index (χ1) is 7.52. The van der Waals surface area contributed by atoms with Gasteiger partial charge in [0.25, 0.3) is 0 Å². The average molecular weight is 227 g/mol. The SMILES string of the molecule is CCC(OC(=O)Cn1cc(N)cn1)C(=O)O. The number of carbonyl (C=O) groups is 2. The quantitative estimate of drug-likeness (QED) is 0.678. The molecule has 1 aromatic rings. The van der Waals surface area contributed by atoms with Crippen LogP contribution in [0.4, 0.5) is 5.69 Å². The highest BCUT2D eigenvalue weighted by atomic mass is 16.6. The van der Waals surface area contributed by atoms with E-state index in [1.807, 2.05) is 0 Å². The molecule has 0 aliphatic carbocycles. The maximum absolute atomic E-state index is 11.3. The van der Waals surface area contributed by atoms with Gasteiger partial charge in [0.2, 0.25) is 0 Å². The fourth-order valence-corrected chi connectivity index (χ4v) is 1.10. The summed E-state index contributed by atoms with van der Waals surface area (Å²) in [5.41, 5.74) is 5.83. The van der Waals surface area contributed by atoms with Crippen LogP contribution >= 0.6 is 0 Å². The van der Waals surface area contributed by atoms with Crippen molar-refractivity contribution in [3.8, 4) is 0 Å². The predicted molar refractivity (Wildman–Crippen MR) is 54.4 cm³/mol. The molecule has 0 saturated heterocycles. The highest BCUT2D eigenvalue weighted by molar-refractivity contribution is 5.77. The summed E-state index contributed by atoms with van der Waals surface area (Å²) in [5, 5.41) is 12.4. The second-order valence-electron chi connectivity index (χ2n) is 3.20. The highest BCUT2D eigenvalue weighted by Crippen LogP contribution is 2.02. The summed E-state index contributed by atoms with van der Waals surface area (Å²) in [5.74, 6) is -1.81. The first-order valence-corrected chi connectivity index (χ1v) is 4.73. The highest BCUT2D eigenvalue weighted by Gasteiger charge is 2.20. The van der Waals surface area contributed by atoms with Crippen molar-refractivity contribution in [2.45, 2.75) is 26.0 Å². The average Bonchev–Trinajstić information content (AvgIpc) is 2.60. The first kappa shape index (κ1) is 12.0. The Morgan fingerprint density at radius 2 is 2.38 bits per heavy atom. The molecule has 0 spiro atoms. The zero-order chi connectivity index (χ0) is 12.1. The minimum atomic E-state index is -1.16. The van der Waals surface area contributed by atoms with E-state index in [4.69, 9.17) is 15.6 Å². The third-order valence-electron chi connectivity index (χ3n) is 1.86. The molecule has 0 amide bonds. The van der Waals surface area contributed by atoms with Gasteiger partial charge < -0.3 is 15.6 Å². The van der Waals surface area contributed by atoms with Gasteiger partial charge in [0.15, 0.2) is 6.10 Å². The van der Waals surface area contributed by atoms with E-state index in [0.29, 0.717) is 5.69 Å². The number of nitrogens with two attached hydrogens (primary N) is 1. The minimum Gasteiger partial charge on any atom is -0.479 e. The Morgan fingerprint density at radius 3 is 2.81 bits per heavy atom. The number of nitrogen functional groups attached to an aromatic ring is 1. The Hall–Kier alpha value is -2.05. The van der Waals surface area contributed by atoms with E-state index in [-0.39, 0.29) is 13.0 Å². The lowest BCUT2D eigenvalue weighted by Crippen LogP contribution is -2.28. The Morgan fingerprint density at radius 1 is 1.69 bits per heavy atom. The molecule has 1 rings (SSSR count). The van der Waals surface area contributed by atoms with Crippen LogP contribution in [0.25, 0.3) is 0 Å². The number of carboxylic acid groups (broad SMARTS) is 1. The van der Waals surface area contributed by atoms with Crippen molar-refractivity contribution in [1.82, 2.24) is 9.78 Å². The van der Waals surface area contributed by atoms with Gasteiger partial charge in [0, 0.05) is 6.20 Å². The number of anilines is 1. The molecular formula is C9H13N3O4. The van der Waals surface area contributed by atoms with Crippen molar-refractivity contribution in [2.75, 3.05) is 5.73 Å². The Labute approximate surface area is 91.8 Å². The van der Waals surface area contributed by atoms with Crippen LogP contribution in [0.1, 0.15) is 13.3 Å². The lowest BCUT2D eigenvalue weighted by Gasteiger charge is -2.11. The zero-order valence-electron chi connectivity index (χ0n) is 8.79. The van der Waals surface area contributed by atoms with Gasteiger partial charge in [-0.3, -0.25) is 9.48 Å². The van der Waals surface area contributed by atoms with E-state index < -0.39 is 18.0 Å². The molecule has 16 heavy (non-hydrogen) atoms. The molecule has 7 heteroatoms. The Bertz CT molecular complexity index is 388. The predicted octanol–water partition coefficient (Wildman–Crippen LogP) is -0.128. The molecule has 0 aliphatic heterocycles. The van der Waals surface area contributed by atoms with Gasteiger partial charge in [-0.25, -0.2) is 4.79 Å². The van der Waals surface area contributed by atoms with Crippen LogP contribution < -0.4 is 5.73 Å². The van der Waals surface area contributed by atoms with Crippen molar-refractivity contribution >= 4 is 17.6 Å². The number of rotatable bonds is 5. The zero-order valence-corrected chi connectivity index (χ0v) is 8.79. The number of nitrogens with zero attached hydrogens (tertiary/aromatic N) is 2. The Kier molecular flexibility index (Phi) is 3.87. The smallest absolute Gasteiger partial charge is 0.345 e. The maximum Gasteiger partial charge on any atom is 0.345 e. The number of aliphatic carboxylic acids is 1. The Balaban J connectivity index is 2.50. The third kappa shape index (κ3) is 3.26. The van der Waals surface area contributed by atoms with Gasteiger partial charge >= 0.3 is 11.9 Å². The summed E-state index contributed by atoms with van der Waals surface area (Å²) < 4.78 is 6.02. The summed E-state index contributed by atoms with van der Waals surface area (Å²) >= 11 is 0. The van der Waals surface area contributed by atoms with Gasteiger partial charge in [-0.1, -0.05) is 6.92 Å².